The van der Waals surface area contributed by atoms with Crippen LogP contribution < -0.4 is 4.74 Å². The Labute approximate surface area is 111 Å². The molecule has 1 aliphatic heterocycles. The minimum absolute atomic E-state index is 0.680. The molecule has 18 heavy (non-hydrogen) atoms. The topological polar surface area (TPSA) is 12.5 Å². The van der Waals surface area contributed by atoms with Crippen molar-refractivity contribution in [3.05, 3.63) is 29.3 Å². The number of aryl methyl sites for hydroxylation is 1. The van der Waals surface area contributed by atoms with E-state index in [4.69, 9.17) is 4.74 Å². The molecule has 0 spiro atoms. The van der Waals surface area contributed by atoms with Gasteiger partial charge in [0, 0.05) is 6.04 Å². The van der Waals surface area contributed by atoms with Gasteiger partial charge in [-0.15, -0.1) is 0 Å². The van der Waals surface area contributed by atoms with Crippen molar-refractivity contribution in [2.75, 3.05) is 20.7 Å². The summed E-state index contributed by atoms with van der Waals surface area (Å²) in [4.78, 5) is 2.46. The van der Waals surface area contributed by atoms with Crippen molar-refractivity contribution in [3.63, 3.8) is 0 Å². The van der Waals surface area contributed by atoms with Crippen LogP contribution in [-0.2, 0) is 6.42 Å². The maximum absolute atomic E-state index is 5.38. The van der Waals surface area contributed by atoms with Crippen molar-refractivity contribution in [3.8, 4) is 5.75 Å². The first kappa shape index (κ1) is 13.4. The minimum Gasteiger partial charge on any atom is -0.497 e. The molecule has 1 fully saturated rings. The van der Waals surface area contributed by atoms with Gasteiger partial charge < -0.3 is 9.64 Å². The van der Waals surface area contributed by atoms with E-state index in [-0.39, 0.29) is 0 Å². The number of ether oxygens (including phenoxy) is 1. The van der Waals surface area contributed by atoms with Gasteiger partial charge in [-0.25, -0.2) is 0 Å². The molecule has 0 aromatic heterocycles. The largest absolute Gasteiger partial charge is 0.497 e. The maximum atomic E-state index is 5.38. The van der Waals surface area contributed by atoms with Gasteiger partial charge in [-0.05, 0) is 69.0 Å². The molecule has 0 N–H and O–H groups in total. The van der Waals surface area contributed by atoms with E-state index >= 15 is 0 Å². The van der Waals surface area contributed by atoms with Crippen LogP contribution in [0.4, 0.5) is 0 Å². The molecule has 2 heteroatoms. The van der Waals surface area contributed by atoms with Crippen molar-refractivity contribution in [2.45, 2.75) is 45.1 Å². The Morgan fingerprint density at radius 2 is 2.17 bits per heavy atom. The van der Waals surface area contributed by atoms with Crippen molar-refractivity contribution >= 4 is 0 Å². The number of methoxy groups -OCH3 is 1. The zero-order valence-corrected chi connectivity index (χ0v) is 12.1. The highest BCUT2D eigenvalue weighted by Gasteiger charge is 2.25. The van der Waals surface area contributed by atoms with Crippen molar-refractivity contribution in [1.82, 2.24) is 4.90 Å². The number of piperidine rings is 1. The molecule has 1 heterocycles. The van der Waals surface area contributed by atoms with Crippen LogP contribution in [0.5, 0.6) is 5.75 Å². The molecule has 1 saturated heterocycles. The number of nitrogens with zero attached hydrogens (tertiary/aromatic N) is 1. The first-order valence-corrected chi connectivity index (χ1v) is 7.02. The minimum atomic E-state index is 0.680. The first-order chi connectivity index (χ1) is 8.65. The van der Waals surface area contributed by atoms with Gasteiger partial charge in [0.25, 0.3) is 0 Å². The van der Waals surface area contributed by atoms with E-state index in [0.29, 0.717) is 12.0 Å². The highest BCUT2D eigenvalue weighted by Crippen LogP contribution is 2.34. The fourth-order valence-electron chi connectivity index (χ4n) is 2.97. The summed E-state index contributed by atoms with van der Waals surface area (Å²) in [6.45, 7) is 5.77. The number of hydrogen-bond donors (Lipinski definition) is 0. The normalized spacial score (nSPS) is 25.1. The molecule has 2 rings (SSSR count). The van der Waals surface area contributed by atoms with Crippen LogP contribution in [-0.4, -0.2) is 31.6 Å². The van der Waals surface area contributed by atoms with Gasteiger partial charge in [0.2, 0.25) is 0 Å². The van der Waals surface area contributed by atoms with E-state index in [1.54, 1.807) is 7.11 Å². The monoisotopic (exact) mass is 247 g/mol. The Kier molecular flexibility index (Phi) is 4.28. The molecule has 2 atom stereocenters. The van der Waals surface area contributed by atoms with Crippen LogP contribution >= 0.6 is 0 Å². The summed E-state index contributed by atoms with van der Waals surface area (Å²) in [5.74, 6) is 1.69. The fraction of sp³-hybridized carbons (Fsp3) is 0.625. The molecule has 0 radical (unpaired) electrons. The Hall–Kier alpha value is -1.02. The van der Waals surface area contributed by atoms with Crippen molar-refractivity contribution < 1.29 is 4.74 Å². The van der Waals surface area contributed by atoms with Crippen LogP contribution in [0.25, 0.3) is 0 Å². The molecular formula is C16H25NO. The molecule has 0 saturated carbocycles. The quantitative estimate of drug-likeness (QED) is 0.811. The van der Waals surface area contributed by atoms with Gasteiger partial charge in [0.05, 0.1) is 7.11 Å². The van der Waals surface area contributed by atoms with Crippen molar-refractivity contribution in [2.24, 2.45) is 0 Å². The lowest BCUT2D eigenvalue weighted by Crippen LogP contribution is -2.37. The fourth-order valence-corrected chi connectivity index (χ4v) is 2.97. The molecule has 0 amide bonds. The SMILES string of the molecule is CCc1ccc(OC)cc1C1CCN(C)C(C)C1. The number of likely N-dealkylation sites (tertiary alicyclic amines) is 1. The van der Waals surface area contributed by atoms with Crippen LogP contribution in [0.1, 0.15) is 43.7 Å². The molecular weight excluding hydrogens is 222 g/mol. The van der Waals surface area contributed by atoms with E-state index in [1.807, 2.05) is 0 Å². The average molecular weight is 247 g/mol. The number of benzene rings is 1. The molecule has 2 unspecified atom stereocenters. The van der Waals surface area contributed by atoms with Gasteiger partial charge in [0.1, 0.15) is 5.75 Å². The molecule has 0 aliphatic carbocycles. The van der Waals surface area contributed by atoms with Gasteiger partial charge in [-0.1, -0.05) is 13.0 Å². The molecule has 0 bridgehead atoms. The standard InChI is InChI=1S/C16H25NO/c1-5-13-6-7-15(18-4)11-16(13)14-8-9-17(3)12(2)10-14/h6-7,11-12,14H,5,8-10H2,1-4H3. The summed E-state index contributed by atoms with van der Waals surface area (Å²) >= 11 is 0. The number of rotatable bonds is 3. The lowest BCUT2D eigenvalue weighted by atomic mass is 9.83. The lowest BCUT2D eigenvalue weighted by molar-refractivity contribution is 0.182. The predicted molar refractivity (Wildman–Crippen MR) is 76.4 cm³/mol. The molecule has 2 nitrogen and oxygen atoms in total. The molecule has 100 valence electrons. The van der Waals surface area contributed by atoms with E-state index in [9.17, 15) is 0 Å². The highest BCUT2D eigenvalue weighted by molar-refractivity contribution is 5.38. The zero-order valence-electron chi connectivity index (χ0n) is 12.1. The van der Waals surface area contributed by atoms with Gasteiger partial charge in [-0.2, -0.15) is 0 Å². The summed E-state index contributed by atoms with van der Waals surface area (Å²) in [6.07, 6.45) is 3.64. The van der Waals surface area contributed by atoms with Gasteiger partial charge >= 0.3 is 0 Å². The molecule has 1 aliphatic rings. The Morgan fingerprint density at radius 3 is 2.78 bits per heavy atom. The summed E-state index contributed by atoms with van der Waals surface area (Å²) in [6, 6.07) is 7.25. The first-order valence-electron chi connectivity index (χ1n) is 7.02. The van der Waals surface area contributed by atoms with Crippen LogP contribution in [0.15, 0.2) is 18.2 Å². The summed E-state index contributed by atoms with van der Waals surface area (Å²) in [5.41, 5.74) is 2.99. The van der Waals surface area contributed by atoms with Crippen LogP contribution in [0, 0.1) is 0 Å². The van der Waals surface area contributed by atoms with Crippen LogP contribution in [0.2, 0.25) is 0 Å². The average Bonchev–Trinajstić information content (AvgIpc) is 2.41. The van der Waals surface area contributed by atoms with E-state index in [0.717, 1.165) is 12.2 Å². The molecule has 1 aromatic carbocycles. The summed E-state index contributed by atoms with van der Waals surface area (Å²) in [5, 5.41) is 0. The van der Waals surface area contributed by atoms with Crippen molar-refractivity contribution in [1.29, 1.82) is 0 Å². The van der Waals surface area contributed by atoms with E-state index in [1.165, 1.54) is 30.5 Å². The molecule has 1 aromatic rings. The van der Waals surface area contributed by atoms with Gasteiger partial charge in [-0.3, -0.25) is 0 Å². The third-order valence-electron chi connectivity index (χ3n) is 4.38. The third-order valence-corrected chi connectivity index (χ3v) is 4.38. The Morgan fingerprint density at radius 1 is 1.39 bits per heavy atom. The second-order valence-corrected chi connectivity index (χ2v) is 5.47. The Balaban J connectivity index is 2.25. The zero-order chi connectivity index (χ0) is 13.1. The third kappa shape index (κ3) is 2.69. The van der Waals surface area contributed by atoms with E-state index < -0.39 is 0 Å². The van der Waals surface area contributed by atoms with Gasteiger partial charge in [0.15, 0.2) is 0 Å². The Bertz CT molecular complexity index is 402. The predicted octanol–water partition coefficient (Wildman–Crippen LogP) is 3.46. The second-order valence-electron chi connectivity index (χ2n) is 5.47. The smallest absolute Gasteiger partial charge is 0.119 e. The summed E-state index contributed by atoms with van der Waals surface area (Å²) < 4.78 is 5.38. The number of hydrogen-bond acceptors (Lipinski definition) is 2. The van der Waals surface area contributed by atoms with E-state index in [2.05, 4.69) is 44.0 Å². The highest BCUT2D eigenvalue weighted by atomic mass is 16.5. The lowest BCUT2D eigenvalue weighted by Gasteiger charge is -2.36. The summed E-state index contributed by atoms with van der Waals surface area (Å²) in [7, 11) is 3.98. The van der Waals surface area contributed by atoms with Crippen LogP contribution in [0.3, 0.4) is 0 Å². The maximum Gasteiger partial charge on any atom is 0.119 e. The second kappa shape index (κ2) is 5.75.